The van der Waals surface area contributed by atoms with Crippen LogP contribution in [0.2, 0.25) is 0 Å². The minimum atomic E-state index is -0.484. The van der Waals surface area contributed by atoms with Gasteiger partial charge in [-0.15, -0.1) is 0 Å². The fraction of sp³-hybridized carbons (Fsp3) is 0.379. The molecule has 4 aromatic rings. The van der Waals surface area contributed by atoms with Crippen LogP contribution in [0.15, 0.2) is 55.3 Å². The van der Waals surface area contributed by atoms with Gasteiger partial charge in [0.05, 0.1) is 34.8 Å². The van der Waals surface area contributed by atoms with E-state index in [0.717, 1.165) is 54.0 Å². The highest BCUT2D eigenvalue weighted by Gasteiger charge is 2.28. The molecule has 1 N–H and O–H groups in total. The SMILES string of the molecule is C=CC(=O)N1CCCC[C@@H](n2c(NC(=O)c3cccc(F)c3)nc3cc4cnn(C5CCOCC5)c4cc32)C1. The van der Waals surface area contributed by atoms with E-state index in [2.05, 4.69) is 22.6 Å². The lowest BCUT2D eigenvalue weighted by molar-refractivity contribution is -0.126. The number of benzene rings is 2. The highest BCUT2D eigenvalue weighted by atomic mass is 19.1. The van der Waals surface area contributed by atoms with Crippen molar-refractivity contribution in [1.29, 1.82) is 0 Å². The summed E-state index contributed by atoms with van der Waals surface area (Å²) in [6.07, 6.45) is 7.60. The molecule has 0 saturated carbocycles. The van der Waals surface area contributed by atoms with Gasteiger partial charge < -0.3 is 14.2 Å². The molecule has 2 aliphatic heterocycles. The Kier molecular flexibility index (Phi) is 6.86. The summed E-state index contributed by atoms with van der Waals surface area (Å²) in [5, 5.41) is 8.59. The highest BCUT2D eigenvalue weighted by molar-refractivity contribution is 6.04. The van der Waals surface area contributed by atoms with Crippen molar-refractivity contribution in [2.24, 2.45) is 0 Å². The summed E-state index contributed by atoms with van der Waals surface area (Å²) in [5.41, 5.74) is 2.77. The van der Waals surface area contributed by atoms with E-state index in [1.54, 1.807) is 11.0 Å². The third-order valence-corrected chi connectivity index (χ3v) is 7.75. The number of nitrogens with one attached hydrogen (secondary N) is 1. The second-order valence-corrected chi connectivity index (χ2v) is 10.2. The van der Waals surface area contributed by atoms with Crippen LogP contribution in [0.4, 0.5) is 10.3 Å². The van der Waals surface area contributed by atoms with Crippen molar-refractivity contribution in [2.45, 2.75) is 44.2 Å². The van der Waals surface area contributed by atoms with Gasteiger partial charge in [0, 0.05) is 37.3 Å². The van der Waals surface area contributed by atoms with Crippen LogP contribution in [0.1, 0.15) is 54.5 Å². The Balaban J connectivity index is 1.47. The van der Waals surface area contributed by atoms with Gasteiger partial charge in [0.1, 0.15) is 5.82 Å². The molecule has 1 atom stereocenters. The van der Waals surface area contributed by atoms with Crippen LogP contribution in [-0.4, -0.2) is 62.3 Å². The molecule has 202 valence electrons. The van der Waals surface area contributed by atoms with Gasteiger partial charge in [-0.25, -0.2) is 9.37 Å². The normalized spacial score (nSPS) is 18.8. The monoisotopic (exact) mass is 530 g/mol. The molecule has 6 rings (SSSR count). The minimum absolute atomic E-state index is 0.114. The van der Waals surface area contributed by atoms with Gasteiger partial charge in [0.2, 0.25) is 11.9 Å². The Bertz CT molecular complexity index is 1550. The Morgan fingerprint density at radius 2 is 1.92 bits per heavy atom. The van der Waals surface area contributed by atoms with Gasteiger partial charge in [-0.3, -0.25) is 19.6 Å². The Morgan fingerprint density at radius 1 is 1.08 bits per heavy atom. The summed E-state index contributed by atoms with van der Waals surface area (Å²) in [7, 11) is 0. The van der Waals surface area contributed by atoms with Crippen LogP contribution in [0.3, 0.4) is 0 Å². The summed E-state index contributed by atoms with van der Waals surface area (Å²) in [5.74, 6) is -0.675. The molecule has 0 unspecified atom stereocenters. The van der Waals surface area contributed by atoms with E-state index in [9.17, 15) is 14.0 Å². The molecule has 2 aromatic carbocycles. The van der Waals surface area contributed by atoms with Crippen LogP contribution < -0.4 is 5.32 Å². The number of hydrogen-bond acceptors (Lipinski definition) is 5. The molecule has 2 aromatic heterocycles. The van der Waals surface area contributed by atoms with E-state index in [4.69, 9.17) is 14.8 Å². The molecule has 2 amide bonds. The van der Waals surface area contributed by atoms with Crippen LogP contribution in [0.25, 0.3) is 21.9 Å². The number of halogens is 1. The lowest BCUT2D eigenvalue weighted by Gasteiger charge is -2.26. The third kappa shape index (κ3) is 4.92. The number of imidazole rings is 1. The van der Waals surface area contributed by atoms with E-state index in [0.29, 0.717) is 32.3 Å². The second-order valence-electron chi connectivity index (χ2n) is 10.2. The average Bonchev–Trinajstić information content (AvgIpc) is 3.42. The first-order chi connectivity index (χ1) is 19.0. The van der Waals surface area contributed by atoms with Gasteiger partial charge in [0.15, 0.2) is 0 Å². The minimum Gasteiger partial charge on any atom is -0.381 e. The lowest BCUT2D eigenvalue weighted by atomic mass is 10.1. The summed E-state index contributed by atoms with van der Waals surface area (Å²) in [4.78, 5) is 32.4. The summed E-state index contributed by atoms with van der Waals surface area (Å²) < 4.78 is 23.5. The number of hydrogen-bond donors (Lipinski definition) is 1. The topological polar surface area (TPSA) is 94.3 Å². The quantitative estimate of drug-likeness (QED) is 0.372. The molecule has 0 bridgehead atoms. The van der Waals surface area contributed by atoms with Crippen molar-refractivity contribution in [3.63, 3.8) is 0 Å². The predicted octanol–water partition coefficient (Wildman–Crippen LogP) is 4.87. The molecular formula is C29H31FN6O3. The molecule has 39 heavy (non-hydrogen) atoms. The number of rotatable bonds is 5. The standard InChI is InChI=1S/C29H31FN6O3/c1-2-27(37)34-11-4-3-8-23(18-34)35-26-16-25-20(17-31-36(25)22-9-12-39-13-10-22)15-24(26)32-29(35)33-28(38)19-6-5-7-21(30)14-19/h2,5-7,14-17,22-23H,1,3-4,8-13,18H2,(H,32,33,38)/t23-/m1/s1. The third-order valence-electron chi connectivity index (χ3n) is 7.75. The number of amides is 2. The van der Waals surface area contributed by atoms with Crippen LogP contribution >= 0.6 is 0 Å². The largest absolute Gasteiger partial charge is 0.381 e. The van der Waals surface area contributed by atoms with Crippen LogP contribution in [0.5, 0.6) is 0 Å². The van der Waals surface area contributed by atoms with Gasteiger partial charge >= 0.3 is 0 Å². The van der Waals surface area contributed by atoms with E-state index in [1.165, 1.54) is 24.3 Å². The van der Waals surface area contributed by atoms with E-state index >= 15 is 0 Å². The molecule has 4 heterocycles. The number of likely N-dealkylation sites (tertiary alicyclic amines) is 1. The fourth-order valence-electron chi connectivity index (χ4n) is 5.78. The first-order valence-electron chi connectivity index (χ1n) is 13.5. The predicted molar refractivity (Wildman–Crippen MR) is 146 cm³/mol. The smallest absolute Gasteiger partial charge is 0.258 e. The van der Waals surface area contributed by atoms with Crippen LogP contribution in [-0.2, 0) is 9.53 Å². The number of carbonyl (C=O) groups is 2. The molecule has 0 spiro atoms. The number of carbonyl (C=O) groups excluding carboxylic acids is 2. The highest BCUT2D eigenvalue weighted by Crippen LogP contribution is 2.34. The molecule has 9 nitrogen and oxygen atoms in total. The Morgan fingerprint density at radius 3 is 2.72 bits per heavy atom. The maximum atomic E-state index is 13.9. The summed E-state index contributed by atoms with van der Waals surface area (Å²) in [6, 6.07) is 9.78. The van der Waals surface area contributed by atoms with E-state index < -0.39 is 11.7 Å². The van der Waals surface area contributed by atoms with Crippen molar-refractivity contribution in [1.82, 2.24) is 24.2 Å². The zero-order valence-corrected chi connectivity index (χ0v) is 21.7. The first kappa shape index (κ1) is 25.2. The molecule has 2 aliphatic rings. The fourth-order valence-corrected chi connectivity index (χ4v) is 5.78. The van der Waals surface area contributed by atoms with E-state index in [1.807, 2.05) is 16.8 Å². The molecular weight excluding hydrogens is 499 g/mol. The number of fused-ring (bicyclic) bond motifs is 2. The number of ether oxygens (including phenoxy) is 1. The van der Waals surface area contributed by atoms with E-state index in [-0.39, 0.29) is 23.6 Å². The lowest BCUT2D eigenvalue weighted by Crippen LogP contribution is -2.34. The van der Waals surface area contributed by atoms with Crippen molar-refractivity contribution >= 4 is 39.7 Å². The Labute approximate surface area is 225 Å². The number of nitrogens with zero attached hydrogens (tertiary/aromatic N) is 5. The molecule has 2 fully saturated rings. The second kappa shape index (κ2) is 10.6. The van der Waals surface area contributed by atoms with Crippen molar-refractivity contribution in [2.75, 3.05) is 31.6 Å². The maximum absolute atomic E-state index is 13.9. The average molecular weight is 531 g/mol. The maximum Gasteiger partial charge on any atom is 0.258 e. The number of anilines is 1. The first-order valence-corrected chi connectivity index (χ1v) is 13.5. The molecule has 2 saturated heterocycles. The van der Waals surface area contributed by atoms with Crippen molar-refractivity contribution < 1.29 is 18.7 Å². The van der Waals surface area contributed by atoms with Gasteiger partial charge in [-0.1, -0.05) is 12.6 Å². The van der Waals surface area contributed by atoms with Gasteiger partial charge in [-0.05, 0) is 68.5 Å². The van der Waals surface area contributed by atoms with Crippen LogP contribution in [0, 0.1) is 5.82 Å². The summed E-state index contributed by atoms with van der Waals surface area (Å²) >= 11 is 0. The molecule has 0 radical (unpaired) electrons. The number of aromatic nitrogens is 4. The van der Waals surface area contributed by atoms with Crippen molar-refractivity contribution in [3.05, 3.63) is 66.6 Å². The Hall–Kier alpha value is -4.05. The summed E-state index contributed by atoms with van der Waals surface area (Å²) in [6.45, 7) is 6.20. The molecule has 10 heteroatoms. The van der Waals surface area contributed by atoms with Gasteiger partial charge in [0.25, 0.3) is 5.91 Å². The zero-order chi connectivity index (χ0) is 26.9. The van der Waals surface area contributed by atoms with Gasteiger partial charge in [-0.2, -0.15) is 5.10 Å². The molecule has 0 aliphatic carbocycles. The van der Waals surface area contributed by atoms with Crippen molar-refractivity contribution in [3.8, 4) is 0 Å². The zero-order valence-electron chi connectivity index (χ0n) is 21.7.